The molecule has 1 saturated heterocycles. The molecular weight excluding hydrogens is 318 g/mol. The van der Waals surface area contributed by atoms with Crippen molar-refractivity contribution in [2.45, 2.75) is 13.3 Å². The second-order valence-electron chi connectivity index (χ2n) is 6.43. The molecule has 0 radical (unpaired) electrons. The van der Waals surface area contributed by atoms with E-state index in [-0.39, 0.29) is 30.1 Å². The number of hydrogen-bond donors (Lipinski definition) is 3. The van der Waals surface area contributed by atoms with Gasteiger partial charge in [-0.3, -0.25) is 14.5 Å². The van der Waals surface area contributed by atoms with Crippen LogP contribution in [0.4, 0.5) is 14.5 Å². The van der Waals surface area contributed by atoms with Crippen molar-refractivity contribution < 1.29 is 18.4 Å². The summed E-state index contributed by atoms with van der Waals surface area (Å²) in [6, 6.07) is 3.05. The smallest absolute Gasteiger partial charge is 0.243 e. The van der Waals surface area contributed by atoms with Crippen LogP contribution in [0.2, 0.25) is 0 Å². The zero-order chi connectivity index (χ0) is 17.7. The molecule has 0 aliphatic carbocycles. The second-order valence-corrected chi connectivity index (χ2v) is 6.43. The highest BCUT2D eigenvalue weighted by atomic mass is 19.2. The number of rotatable bonds is 6. The molecule has 1 aliphatic rings. The number of nitrogens with two attached hydrogens (primary N) is 1. The third-order valence-corrected chi connectivity index (χ3v) is 4.15. The maximum absolute atomic E-state index is 13.1. The van der Waals surface area contributed by atoms with Gasteiger partial charge in [0.25, 0.3) is 0 Å². The Hall–Kier alpha value is -2.06. The highest BCUT2D eigenvalue weighted by Crippen LogP contribution is 2.27. The van der Waals surface area contributed by atoms with Crippen molar-refractivity contribution in [3.05, 3.63) is 29.8 Å². The molecule has 1 aromatic carbocycles. The molecule has 132 valence electrons. The fourth-order valence-corrected chi connectivity index (χ4v) is 2.64. The quantitative estimate of drug-likeness (QED) is 0.711. The van der Waals surface area contributed by atoms with Crippen molar-refractivity contribution in [3.8, 4) is 0 Å². The summed E-state index contributed by atoms with van der Waals surface area (Å²) in [5.74, 6) is -2.82. The molecule has 0 saturated carbocycles. The van der Waals surface area contributed by atoms with Crippen LogP contribution in [0.5, 0.6) is 0 Å². The second kappa shape index (κ2) is 7.67. The summed E-state index contributed by atoms with van der Waals surface area (Å²) in [6.45, 7) is 4.16. The lowest BCUT2D eigenvalue weighted by Crippen LogP contribution is -2.40. The van der Waals surface area contributed by atoms with Gasteiger partial charge in [-0.2, -0.15) is 0 Å². The van der Waals surface area contributed by atoms with Gasteiger partial charge in [0, 0.05) is 18.3 Å². The van der Waals surface area contributed by atoms with E-state index in [4.69, 9.17) is 5.73 Å². The Balaban J connectivity index is 1.73. The average molecular weight is 340 g/mol. The zero-order valence-corrected chi connectivity index (χ0v) is 13.6. The van der Waals surface area contributed by atoms with Crippen molar-refractivity contribution >= 4 is 17.5 Å². The van der Waals surface area contributed by atoms with E-state index in [9.17, 15) is 18.4 Å². The molecule has 1 heterocycles. The number of anilines is 1. The molecule has 1 aromatic rings. The van der Waals surface area contributed by atoms with Crippen LogP contribution in [-0.4, -0.2) is 49.4 Å². The van der Waals surface area contributed by atoms with Crippen molar-refractivity contribution in [1.82, 2.24) is 10.2 Å². The summed E-state index contributed by atoms with van der Waals surface area (Å²) in [6.07, 6.45) is 0.938. The maximum atomic E-state index is 13.1. The molecule has 1 atom stereocenters. The Labute approximate surface area is 139 Å². The van der Waals surface area contributed by atoms with Crippen molar-refractivity contribution in [3.63, 3.8) is 0 Å². The first-order valence-corrected chi connectivity index (χ1v) is 7.75. The van der Waals surface area contributed by atoms with Crippen LogP contribution < -0.4 is 16.4 Å². The van der Waals surface area contributed by atoms with Crippen LogP contribution in [0.1, 0.15) is 13.3 Å². The molecule has 1 fully saturated rings. The van der Waals surface area contributed by atoms with Crippen molar-refractivity contribution in [2.24, 2.45) is 11.1 Å². The predicted octanol–water partition coefficient (Wildman–Crippen LogP) is 0.690. The fraction of sp³-hybridized carbons (Fsp3) is 0.500. The van der Waals surface area contributed by atoms with E-state index in [0.717, 1.165) is 31.6 Å². The predicted molar refractivity (Wildman–Crippen MR) is 86.2 cm³/mol. The summed E-state index contributed by atoms with van der Waals surface area (Å²) < 4.78 is 25.9. The third-order valence-electron chi connectivity index (χ3n) is 4.15. The topological polar surface area (TPSA) is 87.5 Å². The van der Waals surface area contributed by atoms with Crippen LogP contribution in [0, 0.1) is 17.0 Å². The minimum absolute atomic E-state index is 0.0321. The molecule has 8 heteroatoms. The van der Waals surface area contributed by atoms with Crippen molar-refractivity contribution in [1.29, 1.82) is 0 Å². The summed E-state index contributed by atoms with van der Waals surface area (Å²) >= 11 is 0. The molecule has 0 spiro atoms. The summed E-state index contributed by atoms with van der Waals surface area (Å²) in [4.78, 5) is 25.6. The Morgan fingerprint density at radius 1 is 1.29 bits per heavy atom. The van der Waals surface area contributed by atoms with Gasteiger partial charge in [-0.15, -0.1) is 0 Å². The number of likely N-dealkylation sites (tertiary alicyclic amines) is 1. The molecule has 2 rings (SSSR count). The Morgan fingerprint density at radius 3 is 2.67 bits per heavy atom. The monoisotopic (exact) mass is 340 g/mol. The Bertz CT molecular complexity index is 626. The normalized spacial score (nSPS) is 20.8. The SMILES string of the molecule is CC1(CN)CCN(CC(=O)NCC(=O)Nc2ccc(F)c(F)c2)C1. The molecule has 0 aromatic heterocycles. The van der Waals surface area contributed by atoms with Gasteiger partial charge in [-0.1, -0.05) is 6.92 Å². The molecule has 4 N–H and O–H groups in total. The van der Waals surface area contributed by atoms with Gasteiger partial charge in [-0.05, 0) is 37.1 Å². The molecule has 2 amide bonds. The van der Waals surface area contributed by atoms with E-state index in [1.165, 1.54) is 6.07 Å². The molecule has 0 bridgehead atoms. The van der Waals surface area contributed by atoms with E-state index in [1.54, 1.807) is 0 Å². The lowest BCUT2D eigenvalue weighted by molar-refractivity contribution is -0.124. The van der Waals surface area contributed by atoms with E-state index in [1.807, 2.05) is 4.90 Å². The first-order chi connectivity index (χ1) is 11.3. The Kier molecular flexibility index (Phi) is 5.84. The largest absolute Gasteiger partial charge is 0.346 e. The van der Waals surface area contributed by atoms with Crippen molar-refractivity contribution in [2.75, 3.05) is 38.0 Å². The third kappa shape index (κ3) is 4.97. The molecular formula is C16H22F2N4O2. The minimum Gasteiger partial charge on any atom is -0.346 e. The number of benzene rings is 1. The number of hydrogen-bond acceptors (Lipinski definition) is 4. The van der Waals surface area contributed by atoms with Crippen LogP contribution >= 0.6 is 0 Å². The summed E-state index contributed by atoms with van der Waals surface area (Å²) in [5.41, 5.74) is 5.89. The van der Waals surface area contributed by atoms with Crippen LogP contribution in [-0.2, 0) is 9.59 Å². The van der Waals surface area contributed by atoms with Gasteiger partial charge in [0.1, 0.15) is 0 Å². The van der Waals surface area contributed by atoms with E-state index in [0.29, 0.717) is 6.54 Å². The van der Waals surface area contributed by atoms with Gasteiger partial charge < -0.3 is 16.4 Å². The number of nitrogens with zero attached hydrogens (tertiary/aromatic N) is 1. The lowest BCUT2D eigenvalue weighted by Gasteiger charge is -2.22. The van der Waals surface area contributed by atoms with Gasteiger partial charge in [0.2, 0.25) is 11.8 Å². The van der Waals surface area contributed by atoms with Gasteiger partial charge >= 0.3 is 0 Å². The van der Waals surface area contributed by atoms with Crippen LogP contribution in [0.15, 0.2) is 18.2 Å². The number of nitrogens with one attached hydrogen (secondary N) is 2. The first-order valence-electron chi connectivity index (χ1n) is 7.75. The number of amides is 2. The average Bonchev–Trinajstić information content (AvgIpc) is 2.91. The molecule has 1 unspecified atom stereocenters. The number of carbonyl (C=O) groups is 2. The van der Waals surface area contributed by atoms with Crippen LogP contribution in [0.25, 0.3) is 0 Å². The van der Waals surface area contributed by atoms with E-state index >= 15 is 0 Å². The molecule has 6 nitrogen and oxygen atoms in total. The highest BCUT2D eigenvalue weighted by Gasteiger charge is 2.33. The van der Waals surface area contributed by atoms with E-state index < -0.39 is 17.5 Å². The van der Waals surface area contributed by atoms with Crippen LogP contribution in [0.3, 0.4) is 0 Å². The van der Waals surface area contributed by atoms with Gasteiger partial charge in [-0.25, -0.2) is 8.78 Å². The maximum Gasteiger partial charge on any atom is 0.243 e. The van der Waals surface area contributed by atoms with Gasteiger partial charge in [0.05, 0.1) is 13.1 Å². The minimum atomic E-state index is -1.05. The first kappa shape index (κ1) is 18.3. The summed E-state index contributed by atoms with van der Waals surface area (Å²) in [5, 5.41) is 4.90. The Morgan fingerprint density at radius 2 is 2.04 bits per heavy atom. The van der Waals surface area contributed by atoms with E-state index in [2.05, 4.69) is 17.6 Å². The highest BCUT2D eigenvalue weighted by molar-refractivity contribution is 5.94. The molecule has 24 heavy (non-hydrogen) atoms. The van der Waals surface area contributed by atoms with Gasteiger partial charge in [0.15, 0.2) is 11.6 Å². The number of carbonyl (C=O) groups excluding carboxylic acids is 2. The summed E-state index contributed by atoms with van der Waals surface area (Å²) in [7, 11) is 0. The fourth-order valence-electron chi connectivity index (χ4n) is 2.64. The lowest BCUT2D eigenvalue weighted by atomic mass is 9.90. The number of halogens is 2. The standard InChI is InChI=1S/C16H22F2N4O2/c1-16(9-19)4-5-22(10-16)8-15(24)20-7-14(23)21-11-2-3-12(17)13(18)6-11/h2-3,6H,4-5,7-10,19H2,1H3,(H,20,24)(H,21,23). The zero-order valence-electron chi connectivity index (χ0n) is 13.6. The molecule has 1 aliphatic heterocycles.